The van der Waals surface area contributed by atoms with E-state index in [4.69, 9.17) is 5.11 Å². The highest BCUT2D eigenvalue weighted by Gasteiger charge is 2.22. The van der Waals surface area contributed by atoms with E-state index in [1.165, 1.54) is 0 Å². The molecule has 0 spiro atoms. The zero-order chi connectivity index (χ0) is 8.91. The summed E-state index contributed by atoms with van der Waals surface area (Å²) in [7, 11) is 0. The Morgan fingerprint density at radius 3 is 2.55 bits per heavy atom. The van der Waals surface area contributed by atoms with Crippen molar-refractivity contribution in [1.29, 1.82) is 0 Å². The van der Waals surface area contributed by atoms with E-state index >= 15 is 0 Å². The summed E-state index contributed by atoms with van der Waals surface area (Å²) in [6.45, 7) is 4.20. The maximum Gasteiger partial charge on any atom is 0.236 e. The molecule has 66 valence electrons. The van der Waals surface area contributed by atoms with Crippen molar-refractivity contribution in [1.82, 2.24) is 5.32 Å². The van der Waals surface area contributed by atoms with Gasteiger partial charge in [-0.25, -0.2) is 0 Å². The summed E-state index contributed by atoms with van der Waals surface area (Å²) in [5, 5.41) is 11.1. The van der Waals surface area contributed by atoms with Gasteiger partial charge in [-0.3, -0.25) is 4.79 Å². The number of alkyl halides is 1. The summed E-state index contributed by atoms with van der Waals surface area (Å²) in [5.74, 6) is -0.0500. The summed E-state index contributed by atoms with van der Waals surface area (Å²) < 4.78 is -0.511. The van der Waals surface area contributed by atoms with Crippen LogP contribution in [0.3, 0.4) is 0 Å². The molecule has 0 saturated carbocycles. The van der Waals surface area contributed by atoms with E-state index in [0.29, 0.717) is 13.0 Å². The Bertz CT molecular complexity index is 131. The van der Waals surface area contributed by atoms with E-state index < -0.39 is 4.32 Å². The second-order valence-corrected chi connectivity index (χ2v) is 4.79. The SMILES string of the molecule is CC(C)(Br)C(=O)NCCCO. The zero-order valence-corrected chi connectivity index (χ0v) is 8.44. The van der Waals surface area contributed by atoms with E-state index in [2.05, 4.69) is 21.2 Å². The van der Waals surface area contributed by atoms with Crippen molar-refractivity contribution in [2.24, 2.45) is 0 Å². The van der Waals surface area contributed by atoms with Crippen LogP contribution in [0.1, 0.15) is 20.3 Å². The fraction of sp³-hybridized carbons (Fsp3) is 0.857. The lowest BCUT2D eigenvalue weighted by molar-refractivity contribution is -0.122. The molecule has 4 heteroatoms. The van der Waals surface area contributed by atoms with Crippen molar-refractivity contribution in [3.8, 4) is 0 Å². The molecule has 2 N–H and O–H groups in total. The predicted molar refractivity (Wildman–Crippen MR) is 47.7 cm³/mol. The first-order valence-electron chi connectivity index (χ1n) is 3.56. The highest BCUT2D eigenvalue weighted by molar-refractivity contribution is 9.10. The van der Waals surface area contributed by atoms with Crippen LogP contribution in [0.4, 0.5) is 0 Å². The number of hydrogen-bond donors (Lipinski definition) is 2. The van der Waals surface area contributed by atoms with E-state index in [-0.39, 0.29) is 12.5 Å². The minimum Gasteiger partial charge on any atom is -0.396 e. The fourth-order valence-electron chi connectivity index (χ4n) is 0.491. The number of hydrogen-bond acceptors (Lipinski definition) is 2. The summed E-state index contributed by atoms with van der Waals surface area (Å²) in [5.41, 5.74) is 0. The van der Waals surface area contributed by atoms with Crippen molar-refractivity contribution >= 4 is 21.8 Å². The van der Waals surface area contributed by atoms with E-state index in [1.807, 2.05) is 0 Å². The van der Waals surface area contributed by atoms with Gasteiger partial charge < -0.3 is 10.4 Å². The average Bonchev–Trinajstić information content (AvgIpc) is 1.86. The molecule has 1 amide bonds. The van der Waals surface area contributed by atoms with Crippen LogP contribution < -0.4 is 5.32 Å². The monoisotopic (exact) mass is 223 g/mol. The number of nitrogens with one attached hydrogen (secondary N) is 1. The van der Waals surface area contributed by atoms with Crippen LogP contribution in [-0.4, -0.2) is 28.5 Å². The number of carbonyl (C=O) groups is 1. The van der Waals surface area contributed by atoms with Gasteiger partial charge in [0.2, 0.25) is 5.91 Å². The zero-order valence-electron chi connectivity index (χ0n) is 6.85. The van der Waals surface area contributed by atoms with Crippen molar-refractivity contribution in [3.63, 3.8) is 0 Å². The molecular weight excluding hydrogens is 210 g/mol. The van der Waals surface area contributed by atoms with Gasteiger partial charge in [0.05, 0.1) is 4.32 Å². The number of carbonyl (C=O) groups excluding carboxylic acids is 1. The number of aliphatic hydroxyl groups excluding tert-OH is 1. The van der Waals surface area contributed by atoms with E-state index in [1.54, 1.807) is 13.8 Å². The van der Waals surface area contributed by atoms with E-state index in [9.17, 15) is 4.79 Å². The molecule has 0 bridgehead atoms. The van der Waals surface area contributed by atoms with Crippen molar-refractivity contribution in [2.75, 3.05) is 13.2 Å². The minimum atomic E-state index is -0.511. The Kier molecular flexibility index (Phi) is 4.68. The van der Waals surface area contributed by atoms with Gasteiger partial charge in [0.1, 0.15) is 0 Å². The van der Waals surface area contributed by atoms with Gasteiger partial charge >= 0.3 is 0 Å². The Balaban J connectivity index is 3.54. The first-order chi connectivity index (χ1) is 4.98. The lowest BCUT2D eigenvalue weighted by Gasteiger charge is -2.15. The van der Waals surface area contributed by atoms with Gasteiger partial charge in [-0.15, -0.1) is 0 Å². The summed E-state index contributed by atoms with van der Waals surface area (Å²) in [6.07, 6.45) is 0.606. The third-order valence-electron chi connectivity index (χ3n) is 1.16. The second kappa shape index (κ2) is 4.72. The molecule has 0 unspecified atom stereocenters. The normalized spacial score (nSPS) is 11.3. The molecule has 11 heavy (non-hydrogen) atoms. The number of rotatable bonds is 4. The second-order valence-electron chi connectivity index (χ2n) is 2.81. The van der Waals surface area contributed by atoms with Gasteiger partial charge in [-0.05, 0) is 20.3 Å². The molecular formula is C7H14BrNO2. The molecule has 0 aliphatic carbocycles. The quantitative estimate of drug-likeness (QED) is 0.544. The molecule has 0 radical (unpaired) electrons. The predicted octanol–water partition coefficient (Wildman–Crippen LogP) is 0.659. The lowest BCUT2D eigenvalue weighted by atomic mass is 10.2. The van der Waals surface area contributed by atoms with Crippen molar-refractivity contribution < 1.29 is 9.90 Å². The van der Waals surface area contributed by atoms with Gasteiger partial charge in [0, 0.05) is 13.2 Å². The number of halogens is 1. The molecule has 0 aliphatic heterocycles. The number of amides is 1. The van der Waals surface area contributed by atoms with Gasteiger partial charge in [0.15, 0.2) is 0 Å². The largest absolute Gasteiger partial charge is 0.396 e. The molecule has 0 aromatic carbocycles. The smallest absolute Gasteiger partial charge is 0.236 e. The average molecular weight is 224 g/mol. The molecule has 0 aromatic rings. The minimum absolute atomic E-state index is 0.0500. The summed E-state index contributed by atoms with van der Waals surface area (Å²) in [6, 6.07) is 0. The van der Waals surface area contributed by atoms with Crippen molar-refractivity contribution in [3.05, 3.63) is 0 Å². The van der Waals surface area contributed by atoms with Gasteiger partial charge in [-0.2, -0.15) is 0 Å². The van der Waals surface area contributed by atoms with Crippen LogP contribution in [0.2, 0.25) is 0 Å². The Morgan fingerprint density at radius 2 is 2.18 bits per heavy atom. The maximum atomic E-state index is 11.1. The van der Waals surface area contributed by atoms with Gasteiger partial charge in [0.25, 0.3) is 0 Å². The molecule has 0 atom stereocenters. The van der Waals surface area contributed by atoms with E-state index in [0.717, 1.165) is 0 Å². The first-order valence-corrected chi connectivity index (χ1v) is 4.36. The lowest BCUT2D eigenvalue weighted by Crippen LogP contribution is -2.38. The van der Waals surface area contributed by atoms with Crippen molar-refractivity contribution in [2.45, 2.75) is 24.6 Å². The standard InChI is InChI=1S/C7H14BrNO2/c1-7(2,8)6(11)9-4-3-5-10/h10H,3-5H2,1-2H3,(H,9,11). The topological polar surface area (TPSA) is 49.3 Å². The highest BCUT2D eigenvalue weighted by atomic mass is 79.9. The molecule has 0 fully saturated rings. The summed E-state index contributed by atoms with van der Waals surface area (Å²) in [4.78, 5) is 11.1. The number of aliphatic hydroxyl groups is 1. The van der Waals surface area contributed by atoms with Crippen LogP contribution in [0.25, 0.3) is 0 Å². The first kappa shape index (κ1) is 10.9. The maximum absolute atomic E-state index is 11.1. The fourth-order valence-corrected chi connectivity index (χ4v) is 0.631. The third-order valence-corrected chi connectivity index (χ3v) is 1.52. The molecule has 0 rings (SSSR count). The van der Waals surface area contributed by atoms with Crippen LogP contribution >= 0.6 is 15.9 Å². The third kappa shape index (κ3) is 5.21. The molecule has 3 nitrogen and oxygen atoms in total. The molecule has 0 aromatic heterocycles. The van der Waals surface area contributed by atoms with Crippen LogP contribution in [0, 0.1) is 0 Å². The Morgan fingerprint density at radius 1 is 1.64 bits per heavy atom. The Labute approximate surface area is 75.3 Å². The molecule has 0 aliphatic rings. The van der Waals surface area contributed by atoms with Gasteiger partial charge in [-0.1, -0.05) is 15.9 Å². The molecule has 0 saturated heterocycles. The Hall–Kier alpha value is -0.0900. The van der Waals surface area contributed by atoms with Crippen LogP contribution in [-0.2, 0) is 4.79 Å². The highest BCUT2D eigenvalue weighted by Crippen LogP contribution is 2.14. The molecule has 0 heterocycles. The summed E-state index contributed by atoms with van der Waals surface area (Å²) >= 11 is 3.22. The van der Waals surface area contributed by atoms with Crippen LogP contribution in [0.15, 0.2) is 0 Å². The van der Waals surface area contributed by atoms with Crippen LogP contribution in [0.5, 0.6) is 0 Å².